The number of rotatable bonds is 4. The summed E-state index contributed by atoms with van der Waals surface area (Å²) in [6.07, 6.45) is 1.73. The van der Waals surface area contributed by atoms with Gasteiger partial charge in [0.2, 0.25) is 0 Å². The van der Waals surface area contributed by atoms with Crippen molar-refractivity contribution in [3.8, 4) is 0 Å². The lowest BCUT2D eigenvalue weighted by atomic mass is 9.88. The lowest BCUT2D eigenvalue weighted by Gasteiger charge is -2.15. The number of para-hydroxylation sites is 1. The van der Waals surface area contributed by atoms with Crippen LogP contribution < -0.4 is 0 Å². The van der Waals surface area contributed by atoms with Crippen molar-refractivity contribution in [3.63, 3.8) is 0 Å². The molecule has 2 aromatic carbocycles. The van der Waals surface area contributed by atoms with Crippen molar-refractivity contribution >= 4 is 16.9 Å². The van der Waals surface area contributed by atoms with E-state index >= 15 is 0 Å². The number of halogens is 1. The topological polar surface area (TPSA) is 53.1 Å². The van der Waals surface area contributed by atoms with E-state index in [0.717, 1.165) is 16.5 Å². The summed E-state index contributed by atoms with van der Waals surface area (Å²) in [5.41, 5.74) is 2.49. The van der Waals surface area contributed by atoms with Crippen molar-refractivity contribution in [2.45, 2.75) is 12.3 Å². The number of hydrogen-bond donors (Lipinski definition) is 2. The van der Waals surface area contributed by atoms with Gasteiger partial charge in [-0.05, 0) is 29.3 Å². The number of aromatic amines is 1. The highest BCUT2D eigenvalue weighted by atomic mass is 19.1. The monoisotopic (exact) mass is 283 g/mol. The highest BCUT2D eigenvalue weighted by molar-refractivity contribution is 5.85. The largest absolute Gasteiger partial charge is 0.481 e. The van der Waals surface area contributed by atoms with E-state index in [1.54, 1.807) is 12.1 Å². The lowest BCUT2D eigenvalue weighted by Crippen LogP contribution is -2.08. The number of aliphatic carboxylic acids is 1. The maximum atomic E-state index is 13.5. The molecule has 0 spiro atoms. The fourth-order valence-electron chi connectivity index (χ4n) is 2.69. The molecule has 0 aliphatic rings. The second-order valence-corrected chi connectivity index (χ2v) is 5.00. The Bertz CT molecular complexity index is 794. The number of benzene rings is 2. The maximum Gasteiger partial charge on any atom is 0.304 e. The van der Waals surface area contributed by atoms with Crippen molar-refractivity contribution in [3.05, 3.63) is 71.7 Å². The molecule has 3 aromatic rings. The summed E-state index contributed by atoms with van der Waals surface area (Å²) in [5, 5.41) is 10.1. The van der Waals surface area contributed by atoms with Crippen molar-refractivity contribution in [1.29, 1.82) is 0 Å². The molecule has 21 heavy (non-hydrogen) atoms. The second kappa shape index (κ2) is 5.40. The van der Waals surface area contributed by atoms with Gasteiger partial charge < -0.3 is 10.1 Å². The van der Waals surface area contributed by atoms with E-state index in [4.69, 9.17) is 0 Å². The van der Waals surface area contributed by atoms with Crippen molar-refractivity contribution < 1.29 is 14.3 Å². The van der Waals surface area contributed by atoms with Crippen LogP contribution in [0.4, 0.5) is 4.39 Å². The number of hydrogen-bond acceptors (Lipinski definition) is 1. The standard InChI is InChI=1S/C17H14FNO2/c18-12-5-3-4-11(8-12)14(9-17(20)21)15-10-19-16-7-2-1-6-13(15)16/h1-8,10,14,19H,9H2,(H,20,21)/t14-/m0/s1. The average Bonchev–Trinajstić information content (AvgIpc) is 2.88. The minimum atomic E-state index is -0.908. The van der Waals surface area contributed by atoms with E-state index in [-0.39, 0.29) is 18.2 Å². The van der Waals surface area contributed by atoms with Crippen LogP contribution in [0.2, 0.25) is 0 Å². The van der Waals surface area contributed by atoms with E-state index in [0.29, 0.717) is 5.56 Å². The molecular formula is C17H14FNO2. The van der Waals surface area contributed by atoms with E-state index in [2.05, 4.69) is 4.98 Å². The molecule has 0 saturated carbocycles. The SMILES string of the molecule is O=C(O)C[C@@H](c1cccc(F)c1)c1c[nH]c2ccccc12. The third-order valence-electron chi connectivity index (χ3n) is 3.63. The van der Waals surface area contributed by atoms with Gasteiger partial charge in [-0.15, -0.1) is 0 Å². The molecule has 0 bridgehead atoms. The van der Waals surface area contributed by atoms with Gasteiger partial charge in [-0.1, -0.05) is 30.3 Å². The van der Waals surface area contributed by atoms with Gasteiger partial charge in [0.1, 0.15) is 5.82 Å². The lowest BCUT2D eigenvalue weighted by molar-refractivity contribution is -0.137. The zero-order chi connectivity index (χ0) is 14.8. The number of fused-ring (bicyclic) bond motifs is 1. The van der Waals surface area contributed by atoms with Crippen LogP contribution in [0.15, 0.2) is 54.7 Å². The smallest absolute Gasteiger partial charge is 0.304 e. The molecule has 0 aliphatic heterocycles. The van der Waals surface area contributed by atoms with Gasteiger partial charge in [0.25, 0.3) is 0 Å². The highest BCUT2D eigenvalue weighted by Gasteiger charge is 2.21. The second-order valence-electron chi connectivity index (χ2n) is 5.00. The number of carboxylic acid groups (broad SMARTS) is 1. The predicted octanol–water partition coefficient (Wildman–Crippen LogP) is 3.91. The van der Waals surface area contributed by atoms with Crippen LogP contribution in [-0.4, -0.2) is 16.1 Å². The Labute approximate surface area is 121 Å². The van der Waals surface area contributed by atoms with Crippen LogP contribution in [-0.2, 0) is 4.79 Å². The first-order chi connectivity index (χ1) is 10.1. The van der Waals surface area contributed by atoms with Crippen LogP contribution in [0.25, 0.3) is 10.9 Å². The molecule has 0 fully saturated rings. The molecule has 4 heteroatoms. The molecule has 3 rings (SSSR count). The highest BCUT2D eigenvalue weighted by Crippen LogP contribution is 2.33. The Morgan fingerprint density at radius 1 is 1.19 bits per heavy atom. The quantitative estimate of drug-likeness (QED) is 0.762. The van der Waals surface area contributed by atoms with Gasteiger partial charge in [0, 0.05) is 23.0 Å². The van der Waals surface area contributed by atoms with E-state index < -0.39 is 5.97 Å². The summed E-state index contributed by atoms with van der Waals surface area (Å²) < 4.78 is 13.5. The Kier molecular flexibility index (Phi) is 3.44. The van der Waals surface area contributed by atoms with Crippen LogP contribution >= 0.6 is 0 Å². The van der Waals surface area contributed by atoms with Gasteiger partial charge in [0.15, 0.2) is 0 Å². The van der Waals surface area contributed by atoms with E-state index in [1.807, 2.05) is 30.5 Å². The third kappa shape index (κ3) is 2.65. The number of nitrogens with one attached hydrogen (secondary N) is 1. The molecule has 0 aliphatic carbocycles. The Morgan fingerprint density at radius 3 is 2.76 bits per heavy atom. The molecular weight excluding hydrogens is 269 g/mol. The van der Waals surface area contributed by atoms with Gasteiger partial charge >= 0.3 is 5.97 Å². The molecule has 1 atom stereocenters. The molecule has 106 valence electrons. The van der Waals surface area contributed by atoms with Crippen LogP contribution in [0.5, 0.6) is 0 Å². The molecule has 2 N–H and O–H groups in total. The first kappa shape index (κ1) is 13.4. The first-order valence-corrected chi connectivity index (χ1v) is 6.68. The van der Waals surface area contributed by atoms with Crippen molar-refractivity contribution in [2.24, 2.45) is 0 Å². The molecule has 0 radical (unpaired) electrons. The van der Waals surface area contributed by atoms with Gasteiger partial charge in [-0.25, -0.2) is 4.39 Å². The molecule has 3 nitrogen and oxygen atoms in total. The van der Waals surface area contributed by atoms with Gasteiger partial charge in [-0.3, -0.25) is 4.79 Å². The predicted molar refractivity (Wildman–Crippen MR) is 78.8 cm³/mol. The zero-order valence-corrected chi connectivity index (χ0v) is 11.2. The van der Waals surface area contributed by atoms with Crippen molar-refractivity contribution in [2.75, 3.05) is 0 Å². The molecule has 0 unspecified atom stereocenters. The summed E-state index contributed by atoms with van der Waals surface area (Å²) in [5.74, 6) is -1.65. The minimum Gasteiger partial charge on any atom is -0.481 e. The summed E-state index contributed by atoms with van der Waals surface area (Å²) in [6.45, 7) is 0. The average molecular weight is 283 g/mol. The van der Waals surface area contributed by atoms with Crippen LogP contribution in [0.1, 0.15) is 23.5 Å². The van der Waals surface area contributed by atoms with Gasteiger partial charge in [-0.2, -0.15) is 0 Å². The fraction of sp³-hybridized carbons (Fsp3) is 0.118. The molecule has 1 aromatic heterocycles. The zero-order valence-electron chi connectivity index (χ0n) is 11.2. The normalized spacial score (nSPS) is 12.4. The summed E-state index contributed by atoms with van der Waals surface area (Å²) in [4.78, 5) is 14.3. The van der Waals surface area contributed by atoms with Gasteiger partial charge in [0.05, 0.1) is 6.42 Å². The van der Waals surface area contributed by atoms with E-state index in [9.17, 15) is 14.3 Å². The Hall–Kier alpha value is -2.62. The number of carbonyl (C=O) groups is 1. The number of aromatic nitrogens is 1. The summed E-state index contributed by atoms with van der Waals surface area (Å²) >= 11 is 0. The third-order valence-corrected chi connectivity index (χ3v) is 3.63. The summed E-state index contributed by atoms with van der Waals surface area (Å²) in [6, 6.07) is 13.8. The Morgan fingerprint density at radius 2 is 2.00 bits per heavy atom. The Balaban J connectivity index is 2.13. The van der Waals surface area contributed by atoms with Crippen molar-refractivity contribution in [1.82, 2.24) is 4.98 Å². The molecule has 0 amide bonds. The molecule has 1 heterocycles. The van der Waals surface area contributed by atoms with E-state index in [1.165, 1.54) is 12.1 Å². The summed E-state index contributed by atoms with van der Waals surface area (Å²) in [7, 11) is 0. The fourth-order valence-corrected chi connectivity index (χ4v) is 2.69. The molecule has 0 saturated heterocycles. The maximum absolute atomic E-state index is 13.5. The number of H-pyrrole nitrogens is 1. The minimum absolute atomic E-state index is 0.0781. The van der Waals surface area contributed by atoms with Crippen LogP contribution in [0.3, 0.4) is 0 Å². The number of carboxylic acids is 1. The van der Waals surface area contributed by atoms with Crippen LogP contribution in [0, 0.1) is 5.82 Å². The first-order valence-electron chi connectivity index (χ1n) is 6.68.